The van der Waals surface area contributed by atoms with Gasteiger partial charge in [0, 0.05) is 32.5 Å². The van der Waals surface area contributed by atoms with Gasteiger partial charge in [-0.1, -0.05) is 0 Å². The first kappa shape index (κ1) is 25.4. The second kappa shape index (κ2) is 10.6. The molecular weight excluding hydrogens is 354 g/mol. The molecule has 0 spiro atoms. The SMILES string of the molecule is CCOC(C)=O.CN=C1CCOC(COS(O)(C(C)(C)C)C(C)(C)C)C1. The topological polar surface area (TPSA) is 77.4 Å². The minimum Gasteiger partial charge on any atom is -0.466 e. The molecule has 26 heavy (non-hydrogen) atoms. The van der Waals surface area contributed by atoms with Gasteiger partial charge in [0.2, 0.25) is 0 Å². The largest absolute Gasteiger partial charge is 0.466 e. The Balaban J connectivity index is 0.000000896. The van der Waals surface area contributed by atoms with Crippen LogP contribution in [0, 0.1) is 0 Å². The first-order chi connectivity index (χ1) is 11.8. The third kappa shape index (κ3) is 7.94. The molecular formula is C19H39NO5S. The number of nitrogens with zero attached hydrogens (tertiary/aromatic N) is 1. The fourth-order valence-electron chi connectivity index (χ4n) is 2.73. The lowest BCUT2D eigenvalue weighted by Gasteiger charge is -2.57. The number of carbonyl (C=O) groups is 1. The second-order valence-electron chi connectivity index (χ2n) is 8.20. The predicted molar refractivity (Wildman–Crippen MR) is 110 cm³/mol. The van der Waals surface area contributed by atoms with E-state index in [4.69, 9.17) is 8.92 Å². The Bertz CT molecular complexity index is 452. The molecule has 0 amide bonds. The molecule has 0 bridgehead atoms. The fraction of sp³-hybridized carbons (Fsp3) is 0.895. The molecule has 0 aliphatic carbocycles. The van der Waals surface area contributed by atoms with Gasteiger partial charge < -0.3 is 9.47 Å². The van der Waals surface area contributed by atoms with Gasteiger partial charge in [-0.3, -0.25) is 18.5 Å². The predicted octanol–water partition coefficient (Wildman–Crippen LogP) is 4.61. The molecule has 1 N–H and O–H groups in total. The number of carbonyl (C=O) groups excluding carboxylic acids is 1. The molecule has 0 radical (unpaired) electrons. The maximum atomic E-state index is 11.1. The van der Waals surface area contributed by atoms with Crippen molar-refractivity contribution in [2.45, 2.75) is 83.8 Å². The standard InChI is InChI=1S/C15H31NO3S.C4H8O2/c1-14(2,3)20(17,15(4,5)6)19-11-13-10-12(16-7)8-9-18-13;1-3-6-4(2)5/h13,17H,8-11H2,1-7H3;3H2,1-2H3. The summed E-state index contributed by atoms with van der Waals surface area (Å²) in [4.78, 5) is 14.1. The molecule has 1 aliphatic rings. The van der Waals surface area contributed by atoms with Crippen LogP contribution in [0.5, 0.6) is 0 Å². The monoisotopic (exact) mass is 393 g/mol. The number of ether oxygens (including phenoxy) is 2. The van der Waals surface area contributed by atoms with E-state index in [0.717, 1.165) is 12.8 Å². The van der Waals surface area contributed by atoms with E-state index in [-0.39, 0.29) is 21.6 Å². The molecule has 1 atom stereocenters. The highest BCUT2D eigenvalue weighted by Gasteiger charge is 2.43. The summed E-state index contributed by atoms with van der Waals surface area (Å²) in [6.45, 7) is 17.0. The molecule has 156 valence electrons. The van der Waals surface area contributed by atoms with E-state index in [1.54, 1.807) is 6.92 Å². The molecule has 0 saturated carbocycles. The zero-order valence-corrected chi connectivity index (χ0v) is 18.9. The van der Waals surface area contributed by atoms with Crippen LogP contribution in [-0.2, 0) is 18.5 Å². The molecule has 1 heterocycles. The third-order valence-electron chi connectivity index (χ3n) is 3.96. The zero-order valence-electron chi connectivity index (χ0n) is 18.0. The van der Waals surface area contributed by atoms with Crippen LogP contribution < -0.4 is 0 Å². The highest BCUT2D eigenvalue weighted by Crippen LogP contribution is 2.65. The number of esters is 1. The van der Waals surface area contributed by atoms with E-state index in [2.05, 4.69) is 9.73 Å². The molecule has 7 heteroatoms. The summed E-state index contributed by atoms with van der Waals surface area (Å²) >= 11 is 0. The highest BCUT2D eigenvalue weighted by molar-refractivity contribution is 8.27. The normalized spacial score (nSPS) is 21.0. The molecule has 1 saturated heterocycles. The van der Waals surface area contributed by atoms with Crippen LogP contribution in [0.25, 0.3) is 0 Å². The maximum Gasteiger partial charge on any atom is 0.302 e. The van der Waals surface area contributed by atoms with Crippen LogP contribution in [-0.4, -0.2) is 58.7 Å². The quantitative estimate of drug-likeness (QED) is 0.706. The van der Waals surface area contributed by atoms with E-state index in [9.17, 15) is 9.35 Å². The Morgan fingerprint density at radius 3 is 2.15 bits per heavy atom. The minimum absolute atomic E-state index is 0.00572. The van der Waals surface area contributed by atoms with Gasteiger partial charge in [-0.25, -0.2) is 0 Å². The number of hydrogen-bond donors (Lipinski definition) is 1. The number of hydrogen-bond acceptors (Lipinski definition) is 6. The number of rotatable bonds is 4. The van der Waals surface area contributed by atoms with E-state index in [1.807, 2.05) is 48.6 Å². The lowest BCUT2D eigenvalue weighted by atomic mass is 10.1. The fourth-order valence-corrected chi connectivity index (χ4v) is 5.62. The van der Waals surface area contributed by atoms with E-state index < -0.39 is 10.6 Å². The average molecular weight is 394 g/mol. The molecule has 0 aromatic rings. The highest BCUT2D eigenvalue weighted by atomic mass is 32.3. The summed E-state index contributed by atoms with van der Waals surface area (Å²) < 4.78 is 26.7. The van der Waals surface area contributed by atoms with Crippen molar-refractivity contribution in [3.05, 3.63) is 0 Å². The first-order valence-electron chi connectivity index (χ1n) is 9.17. The van der Waals surface area contributed by atoms with E-state index >= 15 is 0 Å². The van der Waals surface area contributed by atoms with Gasteiger partial charge in [0.15, 0.2) is 0 Å². The Hall–Kier alpha value is -0.630. The van der Waals surface area contributed by atoms with Crippen LogP contribution in [0.4, 0.5) is 0 Å². The summed E-state index contributed by atoms with van der Waals surface area (Å²) in [5.74, 6) is -0.211. The van der Waals surface area contributed by atoms with Crippen molar-refractivity contribution < 1.29 is 23.0 Å². The van der Waals surface area contributed by atoms with E-state index in [0.29, 0.717) is 19.8 Å². The zero-order chi connectivity index (χ0) is 20.6. The van der Waals surface area contributed by atoms with Crippen molar-refractivity contribution in [2.75, 3.05) is 26.9 Å². The van der Waals surface area contributed by atoms with Gasteiger partial charge >= 0.3 is 5.97 Å². The van der Waals surface area contributed by atoms with Crippen LogP contribution in [0.3, 0.4) is 0 Å². The van der Waals surface area contributed by atoms with Crippen molar-refractivity contribution in [1.82, 2.24) is 0 Å². The van der Waals surface area contributed by atoms with Gasteiger partial charge in [-0.15, -0.1) is 0 Å². The maximum absolute atomic E-state index is 11.1. The molecule has 0 aromatic carbocycles. The van der Waals surface area contributed by atoms with Crippen molar-refractivity contribution in [1.29, 1.82) is 0 Å². The summed E-state index contributed by atoms with van der Waals surface area (Å²) in [5.41, 5.74) is 1.18. The summed E-state index contributed by atoms with van der Waals surface area (Å²) in [6.07, 6.45) is 1.72. The van der Waals surface area contributed by atoms with Crippen molar-refractivity contribution >= 4 is 22.3 Å². The Morgan fingerprint density at radius 2 is 1.81 bits per heavy atom. The van der Waals surface area contributed by atoms with Crippen LogP contribution >= 0.6 is 10.6 Å². The minimum atomic E-state index is -2.21. The van der Waals surface area contributed by atoms with Crippen molar-refractivity contribution in [3.8, 4) is 0 Å². The third-order valence-corrected chi connectivity index (χ3v) is 7.75. The smallest absolute Gasteiger partial charge is 0.302 e. The van der Waals surface area contributed by atoms with E-state index in [1.165, 1.54) is 12.6 Å². The van der Waals surface area contributed by atoms with Crippen LogP contribution in [0.1, 0.15) is 68.2 Å². The summed E-state index contributed by atoms with van der Waals surface area (Å²) in [6, 6.07) is 0. The molecule has 6 nitrogen and oxygen atoms in total. The van der Waals surface area contributed by atoms with Crippen LogP contribution in [0.2, 0.25) is 0 Å². The Kier molecular flexibility index (Phi) is 10.4. The molecule has 1 rings (SSSR count). The molecule has 1 unspecified atom stereocenters. The van der Waals surface area contributed by atoms with Crippen molar-refractivity contribution in [3.63, 3.8) is 0 Å². The summed E-state index contributed by atoms with van der Waals surface area (Å²) in [7, 11) is -0.391. The Labute approximate surface area is 161 Å². The van der Waals surface area contributed by atoms with Crippen molar-refractivity contribution in [2.24, 2.45) is 4.99 Å². The summed E-state index contributed by atoms with van der Waals surface area (Å²) in [5, 5.41) is 0. The lowest BCUT2D eigenvalue weighted by Crippen LogP contribution is -2.41. The van der Waals surface area contributed by atoms with Gasteiger partial charge in [0.1, 0.15) is 0 Å². The van der Waals surface area contributed by atoms with Gasteiger partial charge in [0.05, 0.1) is 35.4 Å². The van der Waals surface area contributed by atoms with Crippen LogP contribution in [0.15, 0.2) is 4.99 Å². The molecule has 1 fully saturated rings. The van der Waals surface area contributed by atoms with Gasteiger partial charge in [-0.2, -0.15) is 10.6 Å². The lowest BCUT2D eigenvalue weighted by molar-refractivity contribution is -0.140. The van der Waals surface area contributed by atoms with Gasteiger partial charge in [-0.05, 0) is 48.5 Å². The molecule has 1 aliphatic heterocycles. The second-order valence-corrected chi connectivity index (χ2v) is 11.9. The molecule has 0 aromatic heterocycles. The van der Waals surface area contributed by atoms with Gasteiger partial charge in [0.25, 0.3) is 0 Å². The Morgan fingerprint density at radius 1 is 1.27 bits per heavy atom. The first-order valence-corrected chi connectivity index (χ1v) is 10.7. The number of aliphatic imine (C=N–C) groups is 1. The average Bonchev–Trinajstić information content (AvgIpc) is 2.51.